The lowest BCUT2D eigenvalue weighted by atomic mass is 9.84. The minimum absolute atomic E-state index is 0.0355. The largest absolute Gasteiger partial charge is 0.349 e. The van der Waals surface area contributed by atoms with Gasteiger partial charge in [0.1, 0.15) is 0 Å². The lowest BCUT2D eigenvalue weighted by Crippen LogP contribution is -2.38. The van der Waals surface area contributed by atoms with Crippen molar-refractivity contribution in [3.63, 3.8) is 0 Å². The molecule has 156 valence electrons. The second-order valence-corrected chi connectivity index (χ2v) is 8.82. The molecule has 1 fully saturated rings. The molecule has 0 unspecified atom stereocenters. The zero-order chi connectivity index (χ0) is 20.3. The highest BCUT2D eigenvalue weighted by Gasteiger charge is 2.24. The summed E-state index contributed by atoms with van der Waals surface area (Å²) in [6.45, 7) is 4.55. The predicted molar refractivity (Wildman–Crippen MR) is 119 cm³/mol. The van der Waals surface area contributed by atoms with Gasteiger partial charge in [-0.1, -0.05) is 12.1 Å². The maximum Gasteiger partial charge on any atom is 0.252 e. The fourth-order valence-corrected chi connectivity index (χ4v) is 5.08. The van der Waals surface area contributed by atoms with Crippen molar-refractivity contribution in [3.8, 4) is 0 Å². The van der Waals surface area contributed by atoms with Crippen LogP contribution in [-0.4, -0.2) is 39.5 Å². The van der Waals surface area contributed by atoms with Gasteiger partial charge in [-0.2, -0.15) is 0 Å². The van der Waals surface area contributed by atoms with Crippen LogP contribution >= 0.6 is 0 Å². The molecule has 0 spiro atoms. The second-order valence-electron chi connectivity index (χ2n) is 8.82. The molecule has 1 aliphatic carbocycles. The van der Waals surface area contributed by atoms with Gasteiger partial charge in [-0.15, -0.1) is 0 Å². The van der Waals surface area contributed by atoms with Crippen LogP contribution in [0.3, 0.4) is 0 Å². The van der Waals surface area contributed by atoms with Gasteiger partial charge in [0.05, 0.1) is 5.52 Å². The number of nitrogens with zero attached hydrogens (tertiary/aromatic N) is 3. The summed E-state index contributed by atoms with van der Waals surface area (Å²) in [6.07, 6.45) is 9.84. The summed E-state index contributed by atoms with van der Waals surface area (Å²) < 4.78 is 2.37. The Kier molecular flexibility index (Phi) is 5.54. The molecular formula is C25H30N4O. The first-order valence-electron chi connectivity index (χ1n) is 11.3. The van der Waals surface area contributed by atoms with Gasteiger partial charge in [-0.3, -0.25) is 14.7 Å². The maximum absolute atomic E-state index is 12.9. The quantitative estimate of drug-likeness (QED) is 0.695. The molecule has 3 aromatic rings. The van der Waals surface area contributed by atoms with Crippen LogP contribution in [-0.2, 0) is 13.1 Å². The average molecular weight is 403 g/mol. The molecule has 1 saturated carbocycles. The van der Waals surface area contributed by atoms with Crippen molar-refractivity contribution >= 4 is 16.8 Å². The Bertz CT molecular complexity index is 1010. The molecule has 2 aromatic heterocycles. The highest BCUT2D eigenvalue weighted by Crippen LogP contribution is 2.28. The van der Waals surface area contributed by atoms with Gasteiger partial charge in [0.25, 0.3) is 5.91 Å². The number of aromatic nitrogens is 2. The normalized spacial score (nSPS) is 22.0. The first kappa shape index (κ1) is 19.3. The van der Waals surface area contributed by atoms with E-state index in [2.05, 4.69) is 38.1 Å². The van der Waals surface area contributed by atoms with Gasteiger partial charge in [-0.25, -0.2) is 0 Å². The van der Waals surface area contributed by atoms with E-state index in [1.54, 1.807) is 6.20 Å². The van der Waals surface area contributed by atoms with Crippen molar-refractivity contribution in [2.45, 2.75) is 51.2 Å². The van der Waals surface area contributed by atoms with Gasteiger partial charge < -0.3 is 9.88 Å². The SMILES string of the molecule is O=C(NC1CCC(CCN2CCn3cccc3C2)CC1)c1cccc2ncccc12. The Hall–Kier alpha value is -2.66. The van der Waals surface area contributed by atoms with Gasteiger partial charge in [-0.05, 0) is 74.9 Å². The molecule has 0 bridgehead atoms. The van der Waals surface area contributed by atoms with Crippen LogP contribution in [0.1, 0.15) is 48.2 Å². The molecule has 5 nitrogen and oxygen atoms in total. The summed E-state index contributed by atoms with van der Waals surface area (Å²) in [6, 6.07) is 14.3. The molecule has 5 rings (SSSR count). The maximum atomic E-state index is 12.9. The predicted octanol–water partition coefficient (Wildman–Crippen LogP) is 4.23. The van der Waals surface area contributed by atoms with E-state index in [0.29, 0.717) is 6.04 Å². The van der Waals surface area contributed by atoms with E-state index in [1.165, 1.54) is 31.5 Å². The van der Waals surface area contributed by atoms with E-state index in [0.717, 1.165) is 54.9 Å². The molecule has 1 N–H and O–H groups in total. The summed E-state index contributed by atoms with van der Waals surface area (Å²) in [4.78, 5) is 19.8. The zero-order valence-corrected chi connectivity index (χ0v) is 17.5. The molecule has 0 radical (unpaired) electrons. The highest BCUT2D eigenvalue weighted by atomic mass is 16.1. The molecule has 2 aliphatic rings. The molecule has 1 aromatic carbocycles. The lowest BCUT2D eigenvalue weighted by molar-refractivity contribution is 0.0921. The van der Waals surface area contributed by atoms with Gasteiger partial charge in [0.15, 0.2) is 0 Å². The first-order chi connectivity index (χ1) is 14.8. The number of carbonyl (C=O) groups is 1. The van der Waals surface area contributed by atoms with Gasteiger partial charge in [0, 0.05) is 54.7 Å². The van der Waals surface area contributed by atoms with Crippen molar-refractivity contribution in [1.29, 1.82) is 0 Å². The smallest absolute Gasteiger partial charge is 0.252 e. The fourth-order valence-electron chi connectivity index (χ4n) is 5.08. The Morgan fingerprint density at radius 2 is 1.93 bits per heavy atom. The Balaban J connectivity index is 1.10. The van der Waals surface area contributed by atoms with E-state index < -0.39 is 0 Å². The molecule has 0 atom stereocenters. The number of hydrogen-bond acceptors (Lipinski definition) is 3. The molecule has 5 heteroatoms. The van der Waals surface area contributed by atoms with E-state index in [-0.39, 0.29) is 5.91 Å². The second kappa shape index (κ2) is 8.60. The van der Waals surface area contributed by atoms with Crippen molar-refractivity contribution < 1.29 is 4.79 Å². The van der Waals surface area contributed by atoms with Crippen molar-refractivity contribution in [1.82, 2.24) is 19.8 Å². The number of amides is 1. The van der Waals surface area contributed by atoms with E-state index in [4.69, 9.17) is 0 Å². The summed E-state index contributed by atoms with van der Waals surface area (Å²) in [7, 11) is 0. The summed E-state index contributed by atoms with van der Waals surface area (Å²) in [5.41, 5.74) is 3.05. The van der Waals surface area contributed by atoms with Gasteiger partial charge >= 0.3 is 0 Å². The van der Waals surface area contributed by atoms with Crippen molar-refractivity contribution in [3.05, 3.63) is 66.1 Å². The molecule has 1 aliphatic heterocycles. The Morgan fingerprint density at radius 3 is 2.83 bits per heavy atom. The van der Waals surface area contributed by atoms with Crippen LogP contribution in [0, 0.1) is 5.92 Å². The molecule has 0 saturated heterocycles. The lowest BCUT2D eigenvalue weighted by Gasteiger charge is -2.32. The number of rotatable bonds is 5. The summed E-state index contributed by atoms with van der Waals surface area (Å²) in [5.74, 6) is 0.821. The third-order valence-electron chi connectivity index (χ3n) is 6.89. The average Bonchev–Trinajstić information content (AvgIpc) is 3.26. The minimum atomic E-state index is 0.0355. The first-order valence-corrected chi connectivity index (χ1v) is 11.3. The fraction of sp³-hybridized carbons (Fsp3) is 0.440. The van der Waals surface area contributed by atoms with Crippen LogP contribution in [0.4, 0.5) is 0 Å². The number of benzene rings is 1. The van der Waals surface area contributed by atoms with Crippen LogP contribution < -0.4 is 5.32 Å². The van der Waals surface area contributed by atoms with Crippen LogP contribution in [0.15, 0.2) is 54.9 Å². The Labute approximate surface area is 178 Å². The summed E-state index contributed by atoms with van der Waals surface area (Å²) in [5, 5.41) is 4.21. The number of hydrogen-bond donors (Lipinski definition) is 1. The Morgan fingerprint density at radius 1 is 1.03 bits per heavy atom. The van der Waals surface area contributed by atoms with E-state index in [1.807, 2.05) is 30.3 Å². The van der Waals surface area contributed by atoms with Crippen molar-refractivity contribution in [2.75, 3.05) is 13.1 Å². The number of nitrogens with one attached hydrogen (secondary N) is 1. The number of carbonyl (C=O) groups excluding carboxylic acids is 1. The zero-order valence-electron chi connectivity index (χ0n) is 17.5. The molecule has 3 heterocycles. The third kappa shape index (κ3) is 4.12. The monoisotopic (exact) mass is 402 g/mol. The third-order valence-corrected chi connectivity index (χ3v) is 6.89. The van der Waals surface area contributed by atoms with E-state index in [9.17, 15) is 4.79 Å². The van der Waals surface area contributed by atoms with Gasteiger partial charge in [0.2, 0.25) is 0 Å². The van der Waals surface area contributed by atoms with Crippen LogP contribution in [0.2, 0.25) is 0 Å². The van der Waals surface area contributed by atoms with Crippen LogP contribution in [0.5, 0.6) is 0 Å². The highest BCUT2D eigenvalue weighted by molar-refractivity contribution is 6.06. The summed E-state index contributed by atoms with van der Waals surface area (Å²) >= 11 is 0. The standard InChI is InChI=1S/C25H30N4O/c30-25(23-5-1-7-24-22(23)6-2-13-26-24)27-20-10-8-19(9-11-20)12-15-28-16-17-29-14-3-4-21(29)18-28/h1-7,13-14,19-20H,8-12,15-18H2,(H,27,30). The van der Waals surface area contributed by atoms with Crippen molar-refractivity contribution in [2.24, 2.45) is 5.92 Å². The molecule has 30 heavy (non-hydrogen) atoms. The number of pyridine rings is 1. The minimum Gasteiger partial charge on any atom is -0.349 e. The number of fused-ring (bicyclic) bond motifs is 2. The topological polar surface area (TPSA) is 50.2 Å². The van der Waals surface area contributed by atoms with E-state index >= 15 is 0 Å². The molecular weight excluding hydrogens is 372 g/mol. The van der Waals surface area contributed by atoms with Crippen LogP contribution in [0.25, 0.3) is 10.9 Å². The molecule has 1 amide bonds.